The highest BCUT2D eigenvalue weighted by molar-refractivity contribution is 6.24. The quantitative estimate of drug-likeness (QED) is 0.180. The predicted molar refractivity (Wildman–Crippen MR) is 239 cm³/mol. The molecule has 0 amide bonds. The van der Waals surface area contributed by atoms with Gasteiger partial charge in [-0.3, -0.25) is 0 Å². The van der Waals surface area contributed by atoms with Gasteiger partial charge in [-0.1, -0.05) is 146 Å². The van der Waals surface area contributed by atoms with Crippen LogP contribution >= 0.6 is 0 Å². The van der Waals surface area contributed by atoms with Crippen LogP contribution in [-0.2, 0) is 0 Å². The Morgan fingerprint density at radius 1 is 0.321 bits per heavy atom. The van der Waals surface area contributed by atoms with Crippen LogP contribution in [0.2, 0.25) is 0 Å². The number of nitrogens with zero attached hydrogens (tertiary/aromatic N) is 1. The summed E-state index contributed by atoms with van der Waals surface area (Å²) in [5.74, 6) is 0. The van der Waals surface area contributed by atoms with E-state index in [4.69, 9.17) is 0 Å². The minimum absolute atomic E-state index is 1.03. The highest BCUT2D eigenvalue weighted by atomic mass is 15.1. The normalized spacial score (nSPS) is 12.0. The van der Waals surface area contributed by atoms with Crippen LogP contribution in [-0.4, -0.2) is 0 Å². The first-order valence-corrected chi connectivity index (χ1v) is 19.3. The molecule has 10 aromatic carbocycles. The molecule has 0 atom stereocenters. The molecule has 0 unspecified atom stereocenters. The van der Waals surface area contributed by atoms with Gasteiger partial charge >= 0.3 is 0 Å². The molecule has 0 spiro atoms. The highest BCUT2D eigenvalue weighted by Crippen LogP contribution is 2.45. The molecule has 2 heteroatoms. The molecule has 56 heavy (non-hydrogen) atoms. The van der Waals surface area contributed by atoms with Gasteiger partial charge in [0.2, 0.25) is 0 Å². The molecule has 0 aliphatic carbocycles. The highest BCUT2D eigenvalue weighted by Gasteiger charge is 2.20. The van der Waals surface area contributed by atoms with E-state index in [9.17, 15) is 0 Å². The molecule has 10 aromatic rings. The van der Waals surface area contributed by atoms with Crippen LogP contribution in [0.15, 0.2) is 212 Å². The molecule has 0 fully saturated rings. The molecule has 2 nitrogen and oxygen atoms in total. The number of benzene rings is 10. The number of para-hydroxylation sites is 2. The summed E-state index contributed by atoms with van der Waals surface area (Å²) < 4.78 is 0. The Morgan fingerprint density at radius 2 is 0.946 bits per heavy atom. The van der Waals surface area contributed by atoms with Crippen molar-refractivity contribution in [1.29, 1.82) is 0 Å². The van der Waals surface area contributed by atoms with Crippen LogP contribution in [0.5, 0.6) is 0 Å². The van der Waals surface area contributed by atoms with Gasteiger partial charge < -0.3 is 10.2 Å². The first kappa shape index (κ1) is 32.0. The molecular formula is C54H36N2. The third kappa shape index (κ3) is 5.42. The van der Waals surface area contributed by atoms with Crippen molar-refractivity contribution in [2.75, 3.05) is 10.2 Å². The Labute approximate surface area is 326 Å². The number of nitrogens with one attached hydrogen (secondary N) is 1. The van der Waals surface area contributed by atoms with E-state index in [1.54, 1.807) is 0 Å². The maximum atomic E-state index is 3.83. The minimum Gasteiger partial charge on any atom is -0.355 e. The summed E-state index contributed by atoms with van der Waals surface area (Å²) in [6, 6.07) is 77.6. The van der Waals surface area contributed by atoms with E-state index in [0.29, 0.717) is 0 Å². The number of hydrogen-bond acceptors (Lipinski definition) is 2. The van der Waals surface area contributed by atoms with Crippen LogP contribution in [0.25, 0.3) is 76.8 Å². The van der Waals surface area contributed by atoms with Gasteiger partial charge in [0.05, 0.1) is 5.69 Å². The summed E-state index contributed by atoms with van der Waals surface area (Å²) in [7, 11) is 0. The SMILES string of the molecule is c1ccc(-c2ccc(N3c4ccc(cc4)Nc4ccccc4-c4cc5cc(ccc5c5ccc6ccccc6c45)-c4cccc(c4)-c4ccccc43)cc2)cc1. The van der Waals surface area contributed by atoms with Crippen molar-refractivity contribution in [2.45, 2.75) is 0 Å². The zero-order valence-corrected chi connectivity index (χ0v) is 30.7. The molecule has 0 radical (unpaired) electrons. The standard InChI is InChI=1S/C54H36N2/c1-2-11-36(12-3-1)37-21-27-44(28-22-37)56-45-29-25-43(26-30-45)55-52-19-8-6-18-49(52)51-35-42-34-40(39-14-10-15-41(33-39)47-16-7-9-20-53(47)56)24-31-46(42)50-32-23-38-13-4-5-17-48(38)54(50)51/h1-35,55H. The van der Waals surface area contributed by atoms with Crippen molar-refractivity contribution in [3.63, 3.8) is 0 Å². The van der Waals surface area contributed by atoms with Gasteiger partial charge in [-0.05, 0) is 132 Å². The van der Waals surface area contributed by atoms with Crippen LogP contribution in [0.1, 0.15) is 0 Å². The molecule has 0 aromatic heterocycles. The lowest BCUT2D eigenvalue weighted by molar-refractivity contribution is 1.28. The number of fused-ring (bicyclic) bond motifs is 6. The van der Waals surface area contributed by atoms with Gasteiger partial charge in [0, 0.05) is 33.9 Å². The fraction of sp³-hybridized carbons (Fsp3) is 0. The maximum Gasteiger partial charge on any atom is 0.0540 e. The second-order valence-electron chi connectivity index (χ2n) is 14.6. The van der Waals surface area contributed by atoms with Crippen molar-refractivity contribution in [3.8, 4) is 44.5 Å². The van der Waals surface area contributed by atoms with Crippen molar-refractivity contribution < 1.29 is 0 Å². The first-order chi connectivity index (χ1) is 27.7. The zero-order valence-electron chi connectivity index (χ0n) is 30.7. The van der Waals surface area contributed by atoms with Crippen LogP contribution in [0.3, 0.4) is 0 Å². The Morgan fingerprint density at radius 3 is 1.80 bits per heavy atom. The fourth-order valence-corrected chi connectivity index (χ4v) is 8.65. The Hall–Kier alpha value is -7.42. The van der Waals surface area contributed by atoms with E-state index in [1.165, 1.54) is 76.8 Å². The predicted octanol–water partition coefficient (Wildman–Crippen LogP) is 15.3. The van der Waals surface area contributed by atoms with Gasteiger partial charge in [0.1, 0.15) is 0 Å². The van der Waals surface area contributed by atoms with Gasteiger partial charge in [-0.15, -0.1) is 0 Å². The fourth-order valence-electron chi connectivity index (χ4n) is 8.65. The second kappa shape index (κ2) is 13.2. The van der Waals surface area contributed by atoms with Crippen molar-refractivity contribution in [2.24, 2.45) is 0 Å². The van der Waals surface area contributed by atoms with Gasteiger partial charge in [-0.2, -0.15) is 0 Å². The van der Waals surface area contributed by atoms with E-state index >= 15 is 0 Å². The molecule has 2 heterocycles. The summed E-state index contributed by atoms with van der Waals surface area (Å²) in [4.78, 5) is 2.38. The van der Waals surface area contributed by atoms with Gasteiger partial charge in [0.15, 0.2) is 0 Å². The van der Waals surface area contributed by atoms with E-state index in [1.807, 2.05) is 0 Å². The lowest BCUT2D eigenvalue weighted by atomic mass is 9.88. The molecular weight excluding hydrogens is 677 g/mol. The molecule has 262 valence electrons. The largest absolute Gasteiger partial charge is 0.355 e. The topological polar surface area (TPSA) is 15.3 Å². The minimum atomic E-state index is 1.03. The maximum absolute atomic E-state index is 3.83. The van der Waals surface area contributed by atoms with Crippen molar-refractivity contribution in [3.05, 3.63) is 212 Å². The number of hydrogen-bond donors (Lipinski definition) is 1. The van der Waals surface area contributed by atoms with Crippen molar-refractivity contribution >= 4 is 60.8 Å². The van der Waals surface area contributed by atoms with Crippen LogP contribution < -0.4 is 10.2 Å². The Kier molecular flexibility index (Phi) is 7.53. The summed E-state index contributed by atoms with van der Waals surface area (Å²) >= 11 is 0. The zero-order chi connectivity index (χ0) is 37.0. The molecule has 0 saturated carbocycles. The molecule has 2 aliphatic heterocycles. The lowest BCUT2D eigenvalue weighted by Crippen LogP contribution is -2.11. The van der Waals surface area contributed by atoms with E-state index in [2.05, 4.69) is 223 Å². The average Bonchev–Trinajstić information content (AvgIpc) is 3.27. The molecule has 1 N–H and O–H groups in total. The van der Waals surface area contributed by atoms with Gasteiger partial charge in [-0.25, -0.2) is 0 Å². The molecule has 12 rings (SSSR count). The summed E-state index contributed by atoms with van der Waals surface area (Å²) in [5, 5.41) is 11.3. The second-order valence-corrected chi connectivity index (χ2v) is 14.6. The molecule has 2 aliphatic rings. The third-order valence-electron chi connectivity index (χ3n) is 11.3. The summed E-state index contributed by atoms with van der Waals surface area (Å²) in [6.07, 6.45) is 0. The molecule has 0 saturated heterocycles. The summed E-state index contributed by atoms with van der Waals surface area (Å²) in [5.41, 5.74) is 14.9. The van der Waals surface area contributed by atoms with Crippen LogP contribution in [0, 0.1) is 0 Å². The van der Waals surface area contributed by atoms with Gasteiger partial charge in [0.25, 0.3) is 0 Å². The van der Waals surface area contributed by atoms with E-state index in [0.717, 1.165) is 28.4 Å². The van der Waals surface area contributed by atoms with Crippen molar-refractivity contribution in [1.82, 2.24) is 0 Å². The number of rotatable bonds is 2. The smallest absolute Gasteiger partial charge is 0.0540 e. The van der Waals surface area contributed by atoms with Crippen LogP contribution in [0.4, 0.5) is 28.4 Å². The lowest BCUT2D eigenvalue weighted by Gasteiger charge is -2.28. The Balaban J connectivity index is 1.17. The van der Waals surface area contributed by atoms with E-state index < -0.39 is 0 Å². The first-order valence-electron chi connectivity index (χ1n) is 19.3. The number of anilines is 5. The third-order valence-corrected chi connectivity index (χ3v) is 11.3. The molecule has 7 bridgehead atoms. The Bertz CT molecular complexity index is 3090. The average molecular weight is 713 g/mol. The monoisotopic (exact) mass is 712 g/mol. The summed E-state index contributed by atoms with van der Waals surface area (Å²) in [6.45, 7) is 0. The van der Waals surface area contributed by atoms with E-state index in [-0.39, 0.29) is 0 Å².